The average molecular weight is 582 g/mol. The Morgan fingerprint density at radius 1 is 0.929 bits per heavy atom. The molecule has 1 saturated carbocycles. The third kappa shape index (κ3) is 8.86. The molecule has 0 aromatic heterocycles. The number of likely N-dealkylation sites (tertiary alicyclic amines) is 1. The second-order valence-electron chi connectivity index (χ2n) is 12.5. The molecule has 1 aliphatic carbocycles. The summed E-state index contributed by atoms with van der Waals surface area (Å²) in [7, 11) is 0. The maximum absolute atomic E-state index is 14.0. The predicted octanol–water partition coefficient (Wildman–Crippen LogP) is 3.32. The third-order valence-electron chi connectivity index (χ3n) is 9.26. The molecule has 9 nitrogen and oxygen atoms in total. The topological polar surface area (TPSA) is 105 Å². The number of carbonyl (C=O) groups excluding carboxylic acids is 4. The largest absolute Gasteiger partial charge is 0.494 e. The van der Waals surface area contributed by atoms with Gasteiger partial charge in [0, 0.05) is 51.2 Å². The zero-order valence-electron chi connectivity index (χ0n) is 24.9. The van der Waals surface area contributed by atoms with Crippen LogP contribution < -0.4 is 10.1 Å². The summed E-state index contributed by atoms with van der Waals surface area (Å²) in [4.78, 5) is 58.0. The van der Waals surface area contributed by atoms with Gasteiger partial charge in [0.2, 0.25) is 11.8 Å². The molecule has 3 fully saturated rings. The van der Waals surface area contributed by atoms with Crippen LogP contribution in [0.25, 0.3) is 0 Å². The van der Waals surface area contributed by atoms with Crippen molar-refractivity contribution in [1.29, 1.82) is 0 Å². The van der Waals surface area contributed by atoms with Gasteiger partial charge in [-0.1, -0.05) is 25.0 Å². The molecule has 2 saturated heterocycles. The molecular formula is C33H47N3O6. The molecule has 230 valence electrons. The number of benzene rings is 1. The van der Waals surface area contributed by atoms with Crippen molar-refractivity contribution in [3.63, 3.8) is 0 Å². The van der Waals surface area contributed by atoms with Crippen LogP contribution in [-0.4, -0.2) is 91.3 Å². The fraction of sp³-hybridized carbons (Fsp3) is 0.697. The first-order chi connectivity index (χ1) is 20.5. The number of nitrogens with one attached hydrogen (secondary N) is 1. The van der Waals surface area contributed by atoms with E-state index in [2.05, 4.69) is 10.2 Å². The highest BCUT2D eigenvalue weighted by Gasteiger charge is 2.36. The summed E-state index contributed by atoms with van der Waals surface area (Å²) in [6.07, 6.45) is 7.97. The van der Waals surface area contributed by atoms with Crippen LogP contribution in [0.1, 0.15) is 76.2 Å². The highest BCUT2D eigenvalue weighted by molar-refractivity contribution is 5.95. The first-order valence-electron chi connectivity index (χ1n) is 16.1. The minimum Gasteiger partial charge on any atom is -0.494 e. The number of hydrogen-bond acceptors (Lipinski definition) is 7. The molecule has 9 heteroatoms. The first-order valence-corrected chi connectivity index (χ1v) is 16.1. The summed E-state index contributed by atoms with van der Waals surface area (Å²) in [5.74, 6) is 0.577. The number of Topliss-reactive ketones (excluding diaryl/α,β-unsaturated/α-hetero) is 2. The van der Waals surface area contributed by atoms with E-state index in [1.165, 1.54) is 12.8 Å². The lowest BCUT2D eigenvalue weighted by Gasteiger charge is -2.31. The number of ketones is 2. The van der Waals surface area contributed by atoms with Crippen molar-refractivity contribution in [2.24, 2.45) is 11.8 Å². The van der Waals surface area contributed by atoms with Gasteiger partial charge >= 0.3 is 0 Å². The Morgan fingerprint density at radius 3 is 2.52 bits per heavy atom. The van der Waals surface area contributed by atoms with E-state index in [0.29, 0.717) is 70.9 Å². The SMILES string of the molecule is O=C1N[C@H](C(=O)CCC2CC2)CCCCOc2cccc(c2)C[C@H](N2CCCC2=O)C(=O)C[C@H]1CCN1CCOCC1. The van der Waals surface area contributed by atoms with Crippen molar-refractivity contribution < 1.29 is 28.7 Å². The van der Waals surface area contributed by atoms with Gasteiger partial charge in [-0.3, -0.25) is 24.1 Å². The van der Waals surface area contributed by atoms with Crippen LogP contribution >= 0.6 is 0 Å². The molecule has 3 atom stereocenters. The van der Waals surface area contributed by atoms with E-state index in [4.69, 9.17) is 9.47 Å². The Labute approximate surface area is 249 Å². The summed E-state index contributed by atoms with van der Waals surface area (Å²) in [5, 5.41) is 3.09. The lowest BCUT2D eigenvalue weighted by Crippen LogP contribution is -2.48. The minimum absolute atomic E-state index is 0.00852. The lowest BCUT2D eigenvalue weighted by molar-refractivity contribution is -0.138. The summed E-state index contributed by atoms with van der Waals surface area (Å²) in [6.45, 7) is 4.66. The summed E-state index contributed by atoms with van der Waals surface area (Å²) >= 11 is 0. The van der Waals surface area contributed by atoms with Gasteiger partial charge in [0.15, 0.2) is 11.6 Å². The van der Waals surface area contributed by atoms with Gasteiger partial charge in [-0.2, -0.15) is 0 Å². The molecule has 5 rings (SSSR count). The second-order valence-corrected chi connectivity index (χ2v) is 12.5. The van der Waals surface area contributed by atoms with Crippen LogP contribution in [0.4, 0.5) is 0 Å². The Kier molecular flexibility index (Phi) is 11.0. The molecule has 0 spiro atoms. The van der Waals surface area contributed by atoms with Gasteiger partial charge < -0.3 is 19.7 Å². The van der Waals surface area contributed by atoms with Crippen molar-refractivity contribution in [1.82, 2.24) is 15.1 Å². The standard InChI is InChI=1S/C33H47N3O6/c37-30(12-11-24-9-10-24)28-7-1-2-18-42-27-6-3-5-25(21-27)22-29(36-14-4-8-32(36)39)31(38)23-26(33(40)34-28)13-15-35-16-19-41-20-17-35/h3,5-6,21,24,26,28-29H,1-2,4,7-20,22-23H2,(H,34,40)/t26-,28+,29+/m1/s1. The summed E-state index contributed by atoms with van der Waals surface area (Å²) < 4.78 is 11.5. The Balaban J connectivity index is 1.38. The monoisotopic (exact) mass is 581 g/mol. The number of nitrogens with zero attached hydrogens (tertiary/aromatic N) is 2. The van der Waals surface area contributed by atoms with E-state index < -0.39 is 18.0 Å². The van der Waals surface area contributed by atoms with Crippen molar-refractivity contribution >= 4 is 23.4 Å². The molecule has 3 aliphatic heterocycles. The lowest BCUT2D eigenvalue weighted by atomic mass is 9.90. The molecule has 1 aromatic carbocycles. The molecule has 0 radical (unpaired) electrons. The number of carbonyl (C=O) groups is 4. The van der Waals surface area contributed by atoms with E-state index in [9.17, 15) is 19.2 Å². The van der Waals surface area contributed by atoms with Crippen molar-refractivity contribution in [2.75, 3.05) is 46.0 Å². The molecule has 1 aromatic rings. The van der Waals surface area contributed by atoms with E-state index >= 15 is 0 Å². The first kappa shape index (κ1) is 30.7. The fourth-order valence-electron chi connectivity index (χ4n) is 6.42. The molecule has 0 unspecified atom stereocenters. The fourth-order valence-corrected chi connectivity index (χ4v) is 6.42. The Morgan fingerprint density at radius 2 is 1.76 bits per heavy atom. The van der Waals surface area contributed by atoms with Gasteiger partial charge in [0.1, 0.15) is 5.75 Å². The van der Waals surface area contributed by atoms with E-state index in [1.807, 2.05) is 24.3 Å². The molecular weight excluding hydrogens is 534 g/mol. The van der Waals surface area contributed by atoms with Crippen LogP contribution in [0.2, 0.25) is 0 Å². The van der Waals surface area contributed by atoms with Gasteiger partial charge in [-0.05, 0) is 68.7 Å². The number of hydrogen-bond donors (Lipinski definition) is 1. The molecule has 4 aliphatic rings. The molecule has 2 amide bonds. The third-order valence-corrected chi connectivity index (χ3v) is 9.26. The average Bonchev–Trinajstić information content (AvgIpc) is 3.74. The summed E-state index contributed by atoms with van der Waals surface area (Å²) in [6, 6.07) is 6.59. The quantitative estimate of drug-likeness (QED) is 0.502. The van der Waals surface area contributed by atoms with Crippen LogP contribution in [0, 0.1) is 11.8 Å². The maximum atomic E-state index is 14.0. The van der Waals surface area contributed by atoms with Gasteiger partial charge in [-0.15, -0.1) is 0 Å². The van der Waals surface area contributed by atoms with Crippen LogP contribution in [0.15, 0.2) is 24.3 Å². The van der Waals surface area contributed by atoms with Crippen LogP contribution in [-0.2, 0) is 30.3 Å². The van der Waals surface area contributed by atoms with Crippen LogP contribution in [0.3, 0.4) is 0 Å². The van der Waals surface area contributed by atoms with Crippen molar-refractivity contribution in [2.45, 2.75) is 89.1 Å². The molecule has 3 heterocycles. The molecule has 2 bridgehead atoms. The highest BCUT2D eigenvalue weighted by Crippen LogP contribution is 2.34. The second kappa shape index (κ2) is 15.1. The Hall–Kier alpha value is -2.78. The minimum atomic E-state index is -0.627. The maximum Gasteiger partial charge on any atom is 0.224 e. The van der Waals surface area contributed by atoms with Crippen molar-refractivity contribution in [3.05, 3.63) is 29.8 Å². The van der Waals surface area contributed by atoms with E-state index in [-0.39, 0.29) is 29.8 Å². The highest BCUT2D eigenvalue weighted by atomic mass is 16.5. The zero-order valence-corrected chi connectivity index (χ0v) is 24.9. The number of amides is 2. The van der Waals surface area contributed by atoms with Gasteiger partial charge in [-0.25, -0.2) is 0 Å². The van der Waals surface area contributed by atoms with E-state index in [0.717, 1.165) is 50.1 Å². The molecule has 42 heavy (non-hydrogen) atoms. The smallest absolute Gasteiger partial charge is 0.224 e. The number of fused-ring (bicyclic) bond motifs is 2. The zero-order chi connectivity index (χ0) is 29.3. The van der Waals surface area contributed by atoms with Gasteiger partial charge in [0.25, 0.3) is 0 Å². The van der Waals surface area contributed by atoms with E-state index in [1.54, 1.807) is 4.90 Å². The number of rotatable bonds is 8. The molecule has 1 N–H and O–H groups in total. The normalized spacial score (nSPS) is 27.0. The van der Waals surface area contributed by atoms with Crippen molar-refractivity contribution in [3.8, 4) is 5.75 Å². The predicted molar refractivity (Wildman–Crippen MR) is 158 cm³/mol. The Bertz CT molecular complexity index is 1100. The van der Waals surface area contributed by atoms with Crippen LogP contribution in [0.5, 0.6) is 5.75 Å². The number of ether oxygens (including phenoxy) is 2. The number of morpholine rings is 1. The summed E-state index contributed by atoms with van der Waals surface area (Å²) in [5.41, 5.74) is 0.938. The van der Waals surface area contributed by atoms with Gasteiger partial charge in [0.05, 0.1) is 31.9 Å².